The monoisotopic (exact) mass is 117 g/mol. The molecule has 3 N–H and O–H groups in total. The lowest BCUT2D eigenvalue weighted by Gasteiger charge is -1.81. The van der Waals surface area contributed by atoms with Crippen LogP contribution in [0.15, 0.2) is 0 Å². The van der Waals surface area contributed by atoms with Crippen molar-refractivity contribution in [1.82, 2.24) is 6.15 Å². The molecule has 0 aliphatic rings. The van der Waals surface area contributed by atoms with Gasteiger partial charge in [0.05, 0.1) is 0 Å². The van der Waals surface area contributed by atoms with E-state index in [9.17, 15) is 9.59 Å². The maximum absolute atomic E-state index is 10.2. The minimum atomic E-state index is -0.345. The van der Waals surface area contributed by atoms with Gasteiger partial charge in [-0.15, -0.1) is 0 Å². The molecular formula is C5H11NO2. The first-order chi connectivity index (χ1) is 3.18. The van der Waals surface area contributed by atoms with Crippen LogP contribution in [0.25, 0.3) is 0 Å². The van der Waals surface area contributed by atoms with Gasteiger partial charge < -0.3 is 6.15 Å². The normalized spacial score (nSPS) is 7.25. The lowest BCUT2D eigenvalue weighted by Crippen LogP contribution is -2.06. The molecule has 0 aromatic heterocycles. The Morgan fingerprint density at radius 3 is 1.75 bits per heavy atom. The third-order valence-corrected chi connectivity index (χ3v) is 0.714. The number of hydrogen-bond donors (Lipinski definition) is 1. The fraction of sp³-hybridized carbons (Fsp3) is 0.600. The minimum Gasteiger partial charge on any atom is -0.344 e. The summed E-state index contributed by atoms with van der Waals surface area (Å²) < 4.78 is 0. The molecule has 48 valence electrons. The molecule has 8 heavy (non-hydrogen) atoms. The summed E-state index contributed by atoms with van der Waals surface area (Å²) in [6.07, 6.45) is 0.329. The van der Waals surface area contributed by atoms with Crippen LogP contribution in [0, 0.1) is 0 Å². The fourth-order valence-electron chi connectivity index (χ4n) is 0.249. The fourth-order valence-corrected chi connectivity index (χ4v) is 0.249. The maximum Gasteiger partial charge on any atom is 0.197 e. The van der Waals surface area contributed by atoms with E-state index in [4.69, 9.17) is 0 Å². The minimum absolute atomic E-state index is 0. The molecule has 0 aromatic carbocycles. The summed E-state index contributed by atoms with van der Waals surface area (Å²) in [5.74, 6) is -0.637. The van der Waals surface area contributed by atoms with Gasteiger partial charge in [0.2, 0.25) is 0 Å². The summed E-state index contributed by atoms with van der Waals surface area (Å²) >= 11 is 0. The van der Waals surface area contributed by atoms with E-state index in [0.29, 0.717) is 6.42 Å². The van der Waals surface area contributed by atoms with Gasteiger partial charge in [-0.25, -0.2) is 0 Å². The number of hydrogen-bond acceptors (Lipinski definition) is 3. The summed E-state index contributed by atoms with van der Waals surface area (Å²) in [5, 5.41) is 0. The first-order valence-electron chi connectivity index (χ1n) is 2.22. The standard InChI is InChI=1S/C5H8O2.H3N/c1-3-5(7)4(2)6;/h3H2,1-2H3;1H3. The van der Waals surface area contributed by atoms with Crippen LogP contribution in [-0.2, 0) is 9.59 Å². The average Bonchev–Trinajstić information content (AvgIpc) is 1.65. The van der Waals surface area contributed by atoms with Gasteiger partial charge >= 0.3 is 0 Å². The summed E-state index contributed by atoms with van der Waals surface area (Å²) in [6, 6.07) is 0. The van der Waals surface area contributed by atoms with Crippen molar-refractivity contribution in [1.29, 1.82) is 0 Å². The second-order valence-electron chi connectivity index (χ2n) is 1.33. The largest absolute Gasteiger partial charge is 0.344 e. The number of Topliss-reactive ketones (excluding diaryl/α,β-unsaturated/α-hetero) is 2. The maximum atomic E-state index is 10.2. The number of carbonyl (C=O) groups excluding carboxylic acids is 2. The van der Waals surface area contributed by atoms with Crippen molar-refractivity contribution in [3.63, 3.8) is 0 Å². The van der Waals surface area contributed by atoms with Gasteiger partial charge in [0, 0.05) is 13.3 Å². The van der Waals surface area contributed by atoms with Crippen molar-refractivity contribution in [3.05, 3.63) is 0 Å². The molecule has 0 bridgehead atoms. The van der Waals surface area contributed by atoms with Gasteiger partial charge in [-0.1, -0.05) is 6.92 Å². The molecule has 0 aromatic rings. The van der Waals surface area contributed by atoms with Crippen molar-refractivity contribution in [2.45, 2.75) is 20.3 Å². The molecule has 0 spiro atoms. The molecule has 3 heteroatoms. The third kappa shape index (κ3) is 3.49. The van der Waals surface area contributed by atoms with Gasteiger partial charge in [-0.2, -0.15) is 0 Å². The van der Waals surface area contributed by atoms with E-state index >= 15 is 0 Å². The second-order valence-corrected chi connectivity index (χ2v) is 1.33. The lowest BCUT2D eigenvalue weighted by atomic mass is 10.2. The highest BCUT2D eigenvalue weighted by Crippen LogP contribution is 1.79. The molecule has 0 aliphatic heterocycles. The van der Waals surface area contributed by atoms with E-state index in [1.54, 1.807) is 6.92 Å². The van der Waals surface area contributed by atoms with E-state index in [2.05, 4.69) is 0 Å². The molecule has 0 saturated heterocycles. The molecule has 0 heterocycles. The van der Waals surface area contributed by atoms with E-state index in [1.165, 1.54) is 6.92 Å². The van der Waals surface area contributed by atoms with Crippen LogP contribution < -0.4 is 6.15 Å². The first kappa shape index (κ1) is 10.3. The lowest BCUT2D eigenvalue weighted by molar-refractivity contribution is -0.135. The third-order valence-electron chi connectivity index (χ3n) is 0.714. The Hall–Kier alpha value is -0.700. The second kappa shape index (κ2) is 4.46. The van der Waals surface area contributed by atoms with Crippen LogP contribution in [-0.4, -0.2) is 11.6 Å². The topological polar surface area (TPSA) is 69.1 Å². The zero-order valence-corrected chi connectivity index (χ0v) is 5.23. The zero-order chi connectivity index (χ0) is 5.86. The van der Waals surface area contributed by atoms with E-state index in [0.717, 1.165) is 0 Å². The van der Waals surface area contributed by atoms with Crippen LogP contribution in [0.3, 0.4) is 0 Å². The van der Waals surface area contributed by atoms with Gasteiger partial charge in [-0.3, -0.25) is 9.59 Å². The molecule has 3 nitrogen and oxygen atoms in total. The van der Waals surface area contributed by atoms with E-state index in [-0.39, 0.29) is 17.7 Å². The van der Waals surface area contributed by atoms with Crippen molar-refractivity contribution in [3.8, 4) is 0 Å². The zero-order valence-electron chi connectivity index (χ0n) is 5.23. The summed E-state index contributed by atoms with van der Waals surface area (Å²) in [6.45, 7) is 2.95. The molecular weight excluding hydrogens is 106 g/mol. The highest BCUT2D eigenvalue weighted by atomic mass is 16.2. The SMILES string of the molecule is CCC(=O)C(C)=O.N. The average molecular weight is 117 g/mol. The predicted molar refractivity (Wildman–Crippen MR) is 31.0 cm³/mol. The van der Waals surface area contributed by atoms with Gasteiger partial charge in [-0.05, 0) is 0 Å². The summed E-state index contributed by atoms with van der Waals surface area (Å²) in [5.41, 5.74) is 0. The molecule has 0 amide bonds. The molecule has 0 fully saturated rings. The Balaban J connectivity index is 0. The van der Waals surface area contributed by atoms with Crippen molar-refractivity contribution in [2.24, 2.45) is 0 Å². The van der Waals surface area contributed by atoms with Gasteiger partial charge in [0.1, 0.15) is 0 Å². The van der Waals surface area contributed by atoms with Gasteiger partial charge in [0.25, 0.3) is 0 Å². The summed E-state index contributed by atoms with van der Waals surface area (Å²) in [7, 11) is 0. The Morgan fingerprint density at radius 1 is 1.38 bits per heavy atom. The van der Waals surface area contributed by atoms with Crippen LogP contribution in [0.1, 0.15) is 20.3 Å². The smallest absolute Gasteiger partial charge is 0.197 e. The van der Waals surface area contributed by atoms with Crippen molar-refractivity contribution in [2.75, 3.05) is 0 Å². The molecule has 0 radical (unpaired) electrons. The predicted octanol–water partition coefficient (Wildman–Crippen LogP) is 0.716. The van der Waals surface area contributed by atoms with Crippen molar-refractivity contribution < 1.29 is 9.59 Å². The van der Waals surface area contributed by atoms with E-state index < -0.39 is 0 Å². The Morgan fingerprint density at radius 2 is 1.75 bits per heavy atom. The molecule has 0 rings (SSSR count). The highest BCUT2D eigenvalue weighted by Gasteiger charge is 2.00. The van der Waals surface area contributed by atoms with Crippen LogP contribution >= 0.6 is 0 Å². The first-order valence-corrected chi connectivity index (χ1v) is 2.22. The number of ketones is 2. The Kier molecular flexibility index (Phi) is 5.75. The highest BCUT2D eigenvalue weighted by molar-refractivity contribution is 6.36. The Labute approximate surface area is 48.7 Å². The number of rotatable bonds is 2. The molecule has 0 saturated carbocycles. The van der Waals surface area contributed by atoms with Crippen LogP contribution in [0.4, 0.5) is 0 Å². The van der Waals surface area contributed by atoms with Gasteiger partial charge in [0.15, 0.2) is 11.6 Å². The van der Waals surface area contributed by atoms with E-state index in [1.807, 2.05) is 0 Å². The number of carbonyl (C=O) groups is 2. The van der Waals surface area contributed by atoms with Crippen LogP contribution in [0.2, 0.25) is 0 Å². The molecule has 0 unspecified atom stereocenters. The summed E-state index contributed by atoms with van der Waals surface area (Å²) in [4.78, 5) is 20.2. The van der Waals surface area contributed by atoms with Crippen molar-refractivity contribution >= 4 is 11.6 Å². The quantitative estimate of drug-likeness (QED) is 0.541. The Bertz CT molecular complexity index is 98.6. The van der Waals surface area contributed by atoms with Crippen LogP contribution in [0.5, 0.6) is 0 Å². The molecule has 0 aliphatic carbocycles. The molecule has 0 atom stereocenters.